The van der Waals surface area contributed by atoms with Gasteiger partial charge in [0.15, 0.2) is 0 Å². The summed E-state index contributed by atoms with van der Waals surface area (Å²) in [6.45, 7) is 4.90. The highest BCUT2D eigenvalue weighted by Gasteiger charge is 2.05. The SMILES string of the molecule is CC(C)Oc1ncccc1NCCc1cccs1. The van der Waals surface area contributed by atoms with Crippen molar-refractivity contribution >= 4 is 17.0 Å². The molecule has 3 nitrogen and oxygen atoms in total. The van der Waals surface area contributed by atoms with Gasteiger partial charge in [-0.1, -0.05) is 6.07 Å². The smallest absolute Gasteiger partial charge is 0.237 e. The minimum Gasteiger partial charge on any atom is -0.473 e. The van der Waals surface area contributed by atoms with Gasteiger partial charge in [-0.3, -0.25) is 0 Å². The summed E-state index contributed by atoms with van der Waals surface area (Å²) in [5.41, 5.74) is 0.961. The van der Waals surface area contributed by atoms with E-state index in [4.69, 9.17) is 4.74 Å². The summed E-state index contributed by atoms with van der Waals surface area (Å²) >= 11 is 1.79. The number of nitrogens with one attached hydrogen (secondary N) is 1. The van der Waals surface area contributed by atoms with Crippen LogP contribution in [0.1, 0.15) is 18.7 Å². The molecule has 2 aromatic heterocycles. The van der Waals surface area contributed by atoms with E-state index in [1.807, 2.05) is 26.0 Å². The zero-order valence-corrected chi connectivity index (χ0v) is 11.5. The third-order valence-electron chi connectivity index (χ3n) is 2.39. The molecule has 0 aliphatic heterocycles. The number of hydrogen-bond acceptors (Lipinski definition) is 4. The van der Waals surface area contributed by atoms with Crippen LogP contribution < -0.4 is 10.1 Å². The van der Waals surface area contributed by atoms with Gasteiger partial charge in [0, 0.05) is 17.6 Å². The normalized spacial score (nSPS) is 10.6. The number of anilines is 1. The van der Waals surface area contributed by atoms with E-state index < -0.39 is 0 Å². The molecule has 2 aromatic rings. The van der Waals surface area contributed by atoms with Crippen molar-refractivity contribution < 1.29 is 4.74 Å². The van der Waals surface area contributed by atoms with Crippen LogP contribution in [0.15, 0.2) is 35.8 Å². The lowest BCUT2D eigenvalue weighted by molar-refractivity contribution is 0.234. The Kier molecular flexibility index (Phi) is 4.59. The molecule has 0 fully saturated rings. The Labute approximate surface area is 112 Å². The van der Waals surface area contributed by atoms with Crippen LogP contribution in [0.2, 0.25) is 0 Å². The zero-order valence-electron chi connectivity index (χ0n) is 10.7. The fourth-order valence-corrected chi connectivity index (χ4v) is 2.33. The zero-order chi connectivity index (χ0) is 12.8. The van der Waals surface area contributed by atoms with Crippen LogP contribution in [-0.4, -0.2) is 17.6 Å². The molecule has 0 radical (unpaired) electrons. The van der Waals surface area contributed by atoms with Crippen molar-refractivity contribution in [1.29, 1.82) is 0 Å². The molecular weight excluding hydrogens is 244 g/mol. The number of ether oxygens (including phenoxy) is 1. The molecule has 0 spiro atoms. The Morgan fingerprint density at radius 3 is 2.94 bits per heavy atom. The molecule has 0 bridgehead atoms. The Balaban J connectivity index is 1.92. The van der Waals surface area contributed by atoms with Crippen LogP contribution >= 0.6 is 11.3 Å². The van der Waals surface area contributed by atoms with Gasteiger partial charge in [-0.05, 0) is 43.8 Å². The molecular formula is C14H18N2OS. The summed E-state index contributed by atoms with van der Waals surface area (Å²) < 4.78 is 5.66. The quantitative estimate of drug-likeness (QED) is 0.864. The second-order valence-electron chi connectivity index (χ2n) is 4.28. The van der Waals surface area contributed by atoms with Gasteiger partial charge in [-0.2, -0.15) is 0 Å². The molecule has 0 aromatic carbocycles. The maximum Gasteiger partial charge on any atom is 0.237 e. The molecule has 0 aliphatic rings. The van der Waals surface area contributed by atoms with Crippen molar-refractivity contribution in [2.45, 2.75) is 26.4 Å². The van der Waals surface area contributed by atoms with Gasteiger partial charge in [0.1, 0.15) is 0 Å². The van der Waals surface area contributed by atoms with Crippen molar-refractivity contribution in [3.05, 3.63) is 40.7 Å². The van der Waals surface area contributed by atoms with Gasteiger partial charge < -0.3 is 10.1 Å². The third kappa shape index (κ3) is 3.74. The molecule has 0 amide bonds. The molecule has 0 unspecified atom stereocenters. The van der Waals surface area contributed by atoms with E-state index in [-0.39, 0.29) is 6.10 Å². The van der Waals surface area contributed by atoms with Crippen molar-refractivity contribution in [2.75, 3.05) is 11.9 Å². The van der Waals surface area contributed by atoms with E-state index in [1.165, 1.54) is 4.88 Å². The predicted octanol–water partition coefficient (Wildman–Crippen LogP) is 3.58. The number of rotatable bonds is 6. The van der Waals surface area contributed by atoms with Crippen molar-refractivity contribution in [3.8, 4) is 5.88 Å². The second-order valence-corrected chi connectivity index (χ2v) is 5.31. The largest absolute Gasteiger partial charge is 0.473 e. The number of aromatic nitrogens is 1. The second kappa shape index (κ2) is 6.40. The van der Waals surface area contributed by atoms with E-state index in [9.17, 15) is 0 Å². The number of hydrogen-bond donors (Lipinski definition) is 1. The van der Waals surface area contributed by atoms with Gasteiger partial charge in [0.05, 0.1) is 11.8 Å². The van der Waals surface area contributed by atoms with Gasteiger partial charge in [0.2, 0.25) is 5.88 Å². The minimum absolute atomic E-state index is 0.137. The van der Waals surface area contributed by atoms with Crippen LogP contribution in [-0.2, 0) is 6.42 Å². The van der Waals surface area contributed by atoms with E-state index in [1.54, 1.807) is 17.5 Å². The highest BCUT2D eigenvalue weighted by Crippen LogP contribution is 2.21. The molecule has 0 saturated heterocycles. The molecule has 4 heteroatoms. The summed E-state index contributed by atoms with van der Waals surface area (Å²) in [7, 11) is 0. The van der Waals surface area contributed by atoms with Crippen molar-refractivity contribution in [2.24, 2.45) is 0 Å². The number of nitrogens with zero attached hydrogens (tertiary/aromatic N) is 1. The molecule has 0 aliphatic carbocycles. The monoisotopic (exact) mass is 262 g/mol. The number of pyridine rings is 1. The third-order valence-corrected chi connectivity index (χ3v) is 3.32. The fourth-order valence-electron chi connectivity index (χ4n) is 1.62. The Morgan fingerprint density at radius 1 is 1.33 bits per heavy atom. The summed E-state index contributed by atoms with van der Waals surface area (Å²) in [5.74, 6) is 0.679. The van der Waals surface area contributed by atoms with E-state index in [2.05, 4.69) is 27.8 Å². The standard InChI is InChI=1S/C14H18N2OS/c1-11(2)17-14-13(6-3-8-16-14)15-9-7-12-5-4-10-18-12/h3-6,8,10-11,15H,7,9H2,1-2H3. The van der Waals surface area contributed by atoms with E-state index in [0.717, 1.165) is 18.7 Å². The van der Waals surface area contributed by atoms with Crippen molar-refractivity contribution in [3.63, 3.8) is 0 Å². The van der Waals surface area contributed by atoms with E-state index in [0.29, 0.717) is 5.88 Å². The summed E-state index contributed by atoms with van der Waals surface area (Å²) in [4.78, 5) is 5.64. The molecule has 1 N–H and O–H groups in total. The predicted molar refractivity (Wildman–Crippen MR) is 76.5 cm³/mol. The van der Waals surface area contributed by atoms with Gasteiger partial charge >= 0.3 is 0 Å². The van der Waals surface area contributed by atoms with Gasteiger partial charge in [-0.25, -0.2) is 4.98 Å². The lowest BCUT2D eigenvalue weighted by Gasteiger charge is -2.13. The average molecular weight is 262 g/mol. The highest BCUT2D eigenvalue weighted by atomic mass is 32.1. The van der Waals surface area contributed by atoms with Gasteiger partial charge in [-0.15, -0.1) is 11.3 Å². The summed E-state index contributed by atoms with van der Waals surface area (Å²) in [6.07, 6.45) is 2.91. The Bertz CT molecular complexity index is 468. The topological polar surface area (TPSA) is 34.1 Å². The first kappa shape index (κ1) is 12.9. The first-order valence-corrected chi connectivity index (χ1v) is 7.01. The summed E-state index contributed by atoms with van der Waals surface area (Å²) in [6, 6.07) is 8.15. The Hall–Kier alpha value is -1.55. The molecule has 0 atom stereocenters. The molecule has 2 rings (SSSR count). The molecule has 0 saturated carbocycles. The van der Waals surface area contributed by atoms with Crippen molar-refractivity contribution in [1.82, 2.24) is 4.98 Å². The van der Waals surface area contributed by atoms with Crippen LogP contribution in [0.25, 0.3) is 0 Å². The van der Waals surface area contributed by atoms with Crippen LogP contribution in [0.3, 0.4) is 0 Å². The van der Waals surface area contributed by atoms with Crippen LogP contribution in [0.4, 0.5) is 5.69 Å². The lowest BCUT2D eigenvalue weighted by atomic mass is 10.3. The van der Waals surface area contributed by atoms with E-state index >= 15 is 0 Å². The first-order chi connectivity index (χ1) is 8.75. The highest BCUT2D eigenvalue weighted by molar-refractivity contribution is 7.09. The molecule has 2 heterocycles. The molecule has 96 valence electrons. The summed E-state index contributed by atoms with van der Waals surface area (Å²) in [5, 5.41) is 5.48. The molecule has 18 heavy (non-hydrogen) atoms. The van der Waals surface area contributed by atoms with Crippen LogP contribution in [0.5, 0.6) is 5.88 Å². The average Bonchev–Trinajstić information content (AvgIpc) is 2.84. The van der Waals surface area contributed by atoms with Crippen LogP contribution in [0, 0.1) is 0 Å². The minimum atomic E-state index is 0.137. The Morgan fingerprint density at radius 2 is 2.22 bits per heavy atom. The lowest BCUT2D eigenvalue weighted by Crippen LogP contribution is -2.11. The fraction of sp³-hybridized carbons (Fsp3) is 0.357. The van der Waals surface area contributed by atoms with Gasteiger partial charge in [0.25, 0.3) is 0 Å². The maximum atomic E-state index is 5.66. The number of thiophene rings is 1. The first-order valence-electron chi connectivity index (χ1n) is 6.13. The maximum absolute atomic E-state index is 5.66.